The standard InChI is InChI=1S/C24H30N6O2/c1-17(2)22(16-31)28-24-27-21(20-5-3-4-10-25-20)15-23(29-24)26-18-6-8-19(9-7-18)30-11-13-32-14-12-30/h3-10,15,17,22,31H,11-14,16H2,1-2H3,(H2,26,27,28,29)/t22-/m0/s1. The molecule has 1 atom stereocenters. The highest BCUT2D eigenvalue weighted by Crippen LogP contribution is 2.25. The monoisotopic (exact) mass is 434 g/mol. The first kappa shape index (κ1) is 22.0. The molecule has 3 heterocycles. The minimum absolute atomic E-state index is 0.000600. The van der Waals surface area contributed by atoms with Gasteiger partial charge in [0.25, 0.3) is 0 Å². The van der Waals surface area contributed by atoms with Crippen LogP contribution in [0.2, 0.25) is 0 Å². The summed E-state index contributed by atoms with van der Waals surface area (Å²) in [5, 5.41) is 16.4. The highest BCUT2D eigenvalue weighted by Gasteiger charge is 2.16. The summed E-state index contributed by atoms with van der Waals surface area (Å²) in [7, 11) is 0. The molecule has 4 rings (SSSR count). The lowest BCUT2D eigenvalue weighted by Gasteiger charge is -2.28. The van der Waals surface area contributed by atoms with Crippen molar-refractivity contribution in [2.24, 2.45) is 5.92 Å². The van der Waals surface area contributed by atoms with Crippen molar-refractivity contribution in [3.8, 4) is 11.4 Å². The molecule has 32 heavy (non-hydrogen) atoms. The van der Waals surface area contributed by atoms with Gasteiger partial charge in [0.05, 0.1) is 37.3 Å². The van der Waals surface area contributed by atoms with Crippen molar-refractivity contribution in [3.63, 3.8) is 0 Å². The van der Waals surface area contributed by atoms with Crippen molar-refractivity contribution in [1.29, 1.82) is 0 Å². The third kappa shape index (κ3) is 5.52. The first-order chi connectivity index (χ1) is 15.6. The number of rotatable bonds is 8. The lowest BCUT2D eigenvalue weighted by Crippen LogP contribution is -2.36. The number of nitrogens with zero attached hydrogens (tertiary/aromatic N) is 4. The highest BCUT2D eigenvalue weighted by molar-refractivity contribution is 5.66. The molecule has 0 amide bonds. The molecule has 0 radical (unpaired) electrons. The fraction of sp³-hybridized carbons (Fsp3) is 0.375. The summed E-state index contributed by atoms with van der Waals surface area (Å²) >= 11 is 0. The third-order valence-electron chi connectivity index (χ3n) is 5.49. The van der Waals surface area contributed by atoms with Crippen LogP contribution in [0.3, 0.4) is 0 Å². The number of hydrogen-bond donors (Lipinski definition) is 3. The Morgan fingerprint density at radius 1 is 1.03 bits per heavy atom. The number of hydrogen-bond acceptors (Lipinski definition) is 8. The Kier molecular flexibility index (Phi) is 7.14. The lowest BCUT2D eigenvalue weighted by atomic mass is 10.1. The molecule has 168 valence electrons. The molecule has 1 aliphatic heterocycles. The molecule has 8 nitrogen and oxygen atoms in total. The van der Waals surface area contributed by atoms with Crippen LogP contribution in [0, 0.1) is 5.92 Å². The molecule has 0 unspecified atom stereocenters. The van der Waals surface area contributed by atoms with Gasteiger partial charge in [-0.2, -0.15) is 4.98 Å². The predicted molar refractivity (Wildman–Crippen MR) is 127 cm³/mol. The third-order valence-corrected chi connectivity index (χ3v) is 5.49. The maximum Gasteiger partial charge on any atom is 0.225 e. The zero-order valence-corrected chi connectivity index (χ0v) is 18.5. The summed E-state index contributed by atoms with van der Waals surface area (Å²) in [6, 6.07) is 15.8. The smallest absolute Gasteiger partial charge is 0.225 e. The first-order valence-corrected chi connectivity index (χ1v) is 11.0. The number of anilines is 4. The van der Waals surface area contributed by atoms with E-state index in [1.54, 1.807) is 6.20 Å². The number of aliphatic hydroxyl groups excluding tert-OH is 1. The van der Waals surface area contributed by atoms with Gasteiger partial charge < -0.3 is 25.4 Å². The summed E-state index contributed by atoms with van der Waals surface area (Å²) in [4.78, 5) is 16.0. The Hall–Kier alpha value is -3.23. The van der Waals surface area contributed by atoms with Gasteiger partial charge in [0.1, 0.15) is 5.82 Å². The normalized spacial score (nSPS) is 14.9. The topological polar surface area (TPSA) is 95.4 Å². The van der Waals surface area contributed by atoms with Crippen LogP contribution in [0.15, 0.2) is 54.7 Å². The van der Waals surface area contributed by atoms with E-state index in [0.29, 0.717) is 17.5 Å². The Bertz CT molecular complexity index is 991. The van der Waals surface area contributed by atoms with Gasteiger partial charge in [0.15, 0.2) is 0 Å². The average Bonchev–Trinajstić information content (AvgIpc) is 2.84. The van der Waals surface area contributed by atoms with Gasteiger partial charge in [-0.3, -0.25) is 4.98 Å². The van der Waals surface area contributed by atoms with E-state index in [2.05, 4.69) is 42.6 Å². The second-order valence-electron chi connectivity index (χ2n) is 8.13. The summed E-state index contributed by atoms with van der Waals surface area (Å²) < 4.78 is 5.44. The van der Waals surface area contributed by atoms with Crippen molar-refractivity contribution in [2.45, 2.75) is 19.9 Å². The van der Waals surface area contributed by atoms with E-state index in [-0.39, 0.29) is 18.6 Å². The summed E-state index contributed by atoms with van der Waals surface area (Å²) in [6.07, 6.45) is 1.74. The van der Waals surface area contributed by atoms with Crippen LogP contribution >= 0.6 is 0 Å². The molecule has 3 N–H and O–H groups in total. The van der Waals surface area contributed by atoms with E-state index in [1.807, 2.05) is 50.2 Å². The van der Waals surface area contributed by atoms with Gasteiger partial charge in [0, 0.05) is 36.7 Å². The second kappa shape index (κ2) is 10.4. The Morgan fingerprint density at radius 3 is 2.47 bits per heavy atom. The second-order valence-corrected chi connectivity index (χ2v) is 8.13. The minimum Gasteiger partial charge on any atom is -0.394 e. The summed E-state index contributed by atoms with van der Waals surface area (Å²) in [6.45, 7) is 7.43. The maximum atomic E-state index is 9.72. The van der Waals surface area contributed by atoms with E-state index in [1.165, 1.54) is 5.69 Å². The van der Waals surface area contributed by atoms with Crippen LogP contribution in [0.5, 0.6) is 0 Å². The zero-order valence-electron chi connectivity index (χ0n) is 18.5. The van der Waals surface area contributed by atoms with E-state index >= 15 is 0 Å². The van der Waals surface area contributed by atoms with Crippen LogP contribution in [0.4, 0.5) is 23.1 Å². The van der Waals surface area contributed by atoms with Gasteiger partial charge >= 0.3 is 0 Å². The van der Waals surface area contributed by atoms with Crippen LogP contribution in [0.1, 0.15) is 13.8 Å². The van der Waals surface area contributed by atoms with E-state index < -0.39 is 0 Å². The number of aliphatic hydroxyl groups is 1. The molecule has 3 aromatic rings. The quantitative estimate of drug-likeness (QED) is 0.495. The lowest BCUT2D eigenvalue weighted by molar-refractivity contribution is 0.122. The first-order valence-electron chi connectivity index (χ1n) is 11.0. The van der Waals surface area contributed by atoms with Crippen molar-refractivity contribution >= 4 is 23.1 Å². The molecule has 0 bridgehead atoms. The SMILES string of the molecule is CC(C)[C@H](CO)Nc1nc(Nc2ccc(N3CCOCC3)cc2)cc(-c2ccccn2)n1. The van der Waals surface area contributed by atoms with Crippen LogP contribution in [0.25, 0.3) is 11.4 Å². The van der Waals surface area contributed by atoms with Crippen molar-refractivity contribution < 1.29 is 9.84 Å². The molecular formula is C24H30N6O2. The van der Waals surface area contributed by atoms with Gasteiger partial charge in [-0.05, 0) is 42.3 Å². The molecular weight excluding hydrogens is 404 g/mol. The molecule has 8 heteroatoms. The molecule has 1 fully saturated rings. The number of benzene rings is 1. The molecule has 0 saturated carbocycles. The van der Waals surface area contributed by atoms with Crippen LogP contribution in [-0.2, 0) is 4.74 Å². The van der Waals surface area contributed by atoms with E-state index in [9.17, 15) is 5.11 Å². The molecule has 0 aliphatic carbocycles. The van der Waals surface area contributed by atoms with Crippen LogP contribution < -0.4 is 15.5 Å². The Morgan fingerprint density at radius 2 is 1.81 bits per heavy atom. The van der Waals surface area contributed by atoms with E-state index in [4.69, 9.17) is 4.74 Å². The number of morpholine rings is 1. The number of aromatic nitrogens is 3. The van der Waals surface area contributed by atoms with Gasteiger partial charge in [-0.25, -0.2) is 4.98 Å². The Labute approximate surface area is 188 Å². The molecule has 2 aromatic heterocycles. The maximum absolute atomic E-state index is 9.72. The molecule has 0 spiro atoms. The fourth-order valence-corrected chi connectivity index (χ4v) is 3.54. The molecule has 1 aromatic carbocycles. The highest BCUT2D eigenvalue weighted by atomic mass is 16.5. The van der Waals surface area contributed by atoms with Crippen molar-refractivity contribution in [2.75, 3.05) is 48.4 Å². The van der Waals surface area contributed by atoms with Crippen molar-refractivity contribution in [3.05, 3.63) is 54.7 Å². The fourth-order valence-electron chi connectivity index (χ4n) is 3.54. The minimum atomic E-state index is -0.144. The number of ether oxygens (including phenoxy) is 1. The van der Waals surface area contributed by atoms with E-state index in [0.717, 1.165) is 37.7 Å². The van der Waals surface area contributed by atoms with Gasteiger partial charge in [-0.15, -0.1) is 0 Å². The Balaban J connectivity index is 1.58. The summed E-state index contributed by atoms with van der Waals surface area (Å²) in [5.74, 6) is 1.34. The largest absolute Gasteiger partial charge is 0.394 e. The number of pyridine rings is 1. The van der Waals surface area contributed by atoms with Crippen molar-refractivity contribution in [1.82, 2.24) is 15.0 Å². The molecule has 1 aliphatic rings. The van der Waals surface area contributed by atoms with Gasteiger partial charge in [0.2, 0.25) is 5.95 Å². The molecule has 1 saturated heterocycles. The van der Waals surface area contributed by atoms with Gasteiger partial charge in [-0.1, -0.05) is 19.9 Å². The van der Waals surface area contributed by atoms with Crippen LogP contribution in [-0.4, -0.2) is 59.0 Å². The predicted octanol–water partition coefficient (Wildman–Crippen LogP) is 3.55. The summed E-state index contributed by atoms with van der Waals surface area (Å²) in [5.41, 5.74) is 3.58. The number of nitrogens with one attached hydrogen (secondary N) is 2. The zero-order chi connectivity index (χ0) is 22.3. The average molecular weight is 435 g/mol.